The van der Waals surface area contributed by atoms with Crippen molar-refractivity contribution in [2.24, 2.45) is 0 Å². The molecule has 0 radical (unpaired) electrons. The van der Waals surface area contributed by atoms with Crippen molar-refractivity contribution in [2.75, 3.05) is 0 Å². The van der Waals surface area contributed by atoms with Crippen molar-refractivity contribution in [1.82, 2.24) is 0 Å². The molecule has 0 aromatic heterocycles. The first-order valence-electron chi connectivity index (χ1n) is 0. The van der Waals surface area contributed by atoms with Gasteiger partial charge in [0.05, 0.1) is 0 Å². The van der Waals surface area contributed by atoms with E-state index in [-0.39, 0.29) is 109 Å². The molecule has 0 nitrogen and oxygen atoms in total. The quantitative estimate of drug-likeness (QED) is 0.382. The molecule has 0 heterocycles. The summed E-state index contributed by atoms with van der Waals surface area (Å²) in [6.07, 6.45) is 0. The SMILES string of the molecule is Cl.Cl.Cl.[Ca+2].[H-].[H-].[H-].[Na+]. The zero-order chi connectivity index (χ0) is 0. The van der Waals surface area contributed by atoms with Crippen molar-refractivity contribution >= 4 is 75.0 Å². The van der Waals surface area contributed by atoms with Crippen LogP contribution in [0.25, 0.3) is 0 Å². The van der Waals surface area contributed by atoms with E-state index in [0.717, 1.165) is 0 Å². The Hall–Kier alpha value is 3.13. The molecule has 0 aliphatic heterocycles. The zero-order valence-electron chi connectivity index (χ0n) is 5.93. The van der Waals surface area contributed by atoms with Crippen molar-refractivity contribution in [3.8, 4) is 0 Å². The van der Waals surface area contributed by atoms with Gasteiger partial charge in [0.15, 0.2) is 0 Å². The summed E-state index contributed by atoms with van der Waals surface area (Å²) < 4.78 is 0. The van der Waals surface area contributed by atoms with Crippen LogP contribution in [0.4, 0.5) is 0 Å². The fraction of sp³-hybridized carbons (Fsp3) is 0. The van der Waals surface area contributed by atoms with Crippen LogP contribution in [0.2, 0.25) is 0 Å². The number of hydrogen-bond donors (Lipinski definition) is 0. The minimum atomic E-state index is 0. The largest absolute Gasteiger partial charge is 2.00 e. The van der Waals surface area contributed by atoms with Gasteiger partial charge in [-0.05, 0) is 0 Å². The summed E-state index contributed by atoms with van der Waals surface area (Å²) >= 11 is 0. The first-order valence-corrected chi connectivity index (χ1v) is 0. The van der Waals surface area contributed by atoms with Crippen molar-refractivity contribution in [3.05, 3.63) is 0 Å². The first-order chi connectivity index (χ1) is 0. The fourth-order valence-corrected chi connectivity index (χ4v) is 0. The molecule has 0 N–H and O–H groups in total. The summed E-state index contributed by atoms with van der Waals surface area (Å²) in [5.41, 5.74) is 0. The molecule has 0 aliphatic rings. The molecule has 0 bridgehead atoms. The van der Waals surface area contributed by atoms with Gasteiger partial charge in [-0.2, -0.15) is 0 Å². The molecule has 5 heteroatoms. The molecule has 0 aliphatic carbocycles. The molecule has 0 aromatic carbocycles. The second kappa shape index (κ2) is 27.3. The van der Waals surface area contributed by atoms with E-state index in [1.54, 1.807) is 0 Å². The molecule has 0 fully saturated rings. The molecule has 0 aromatic rings. The van der Waals surface area contributed by atoms with E-state index in [2.05, 4.69) is 0 Å². The maximum absolute atomic E-state index is 0. The number of hydrogen-bond acceptors (Lipinski definition) is 0. The zero-order valence-corrected chi connectivity index (χ0v) is 9.59. The van der Waals surface area contributed by atoms with Gasteiger partial charge in [-0.1, -0.05) is 0 Å². The normalized spacial score (nSPS) is 0. The minimum Gasteiger partial charge on any atom is -1.00 e. The van der Waals surface area contributed by atoms with Crippen LogP contribution in [0, 0.1) is 0 Å². The molecule has 0 amide bonds. The van der Waals surface area contributed by atoms with Crippen LogP contribution in [-0.2, 0) is 0 Å². The predicted octanol–water partition coefficient (Wildman–Crippen LogP) is -1.77. The maximum Gasteiger partial charge on any atom is 2.00 e. The third-order valence-corrected chi connectivity index (χ3v) is 0. The minimum absolute atomic E-state index is 0. The smallest absolute Gasteiger partial charge is 1.00 e. The Kier molecular flexibility index (Phi) is 231. The molecule has 0 rings (SSSR count). The Morgan fingerprint density at radius 2 is 0.800 bits per heavy atom. The van der Waals surface area contributed by atoms with E-state index in [9.17, 15) is 0 Å². The van der Waals surface area contributed by atoms with E-state index >= 15 is 0 Å². The van der Waals surface area contributed by atoms with E-state index < -0.39 is 0 Å². The number of rotatable bonds is 0. The van der Waals surface area contributed by atoms with Crippen LogP contribution >= 0.6 is 37.2 Å². The average Bonchev–Trinajstić information content (AvgIpc) is 0. The van der Waals surface area contributed by atoms with Gasteiger partial charge in [0, 0.05) is 0 Å². The Bertz CT molecular complexity index is 14.5. The second-order valence-electron chi connectivity index (χ2n) is 0. The van der Waals surface area contributed by atoms with E-state index in [1.165, 1.54) is 0 Å². The Morgan fingerprint density at radius 1 is 0.800 bits per heavy atom. The van der Waals surface area contributed by atoms with Gasteiger partial charge in [0.1, 0.15) is 0 Å². The van der Waals surface area contributed by atoms with Crippen molar-refractivity contribution < 1.29 is 33.8 Å². The molecule has 30 valence electrons. The van der Waals surface area contributed by atoms with Crippen LogP contribution in [-0.4, -0.2) is 37.7 Å². The van der Waals surface area contributed by atoms with Crippen LogP contribution in [0.1, 0.15) is 4.28 Å². The topological polar surface area (TPSA) is 0 Å². The summed E-state index contributed by atoms with van der Waals surface area (Å²) in [5, 5.41) is 0. The summed E-state index contributed by atoms with van der Waals surface area (Å²) in [4.78, 5) is 0. The van der Waals surface area contributed by atoms with Crippen molar-refractivity contribution in [2.45, 2.75) is 0 Å². The second-order valence-corrected chi connectivity index (χ2v) is 0. The van der Waals surface area contributed by atoms with Crippen molar-refractivity contribution in [1.29, 1.82) is 0 Å². The van der Waals surface area contributed by atoms with Crippen molar-refractivity contribution in [3.63, 3.8) is 0 Å². The van der Waals surface area contributed by atoms with E-state index in [0.29, 0.717) is 0 Å². The predicted molar refractivity (Wildman–Crippen MR) is 30.8 cm³/mol. The monoisotopic (exact) mass is 174 g/mol. The molecular formula is H6CaCl3Na. The summed E-state index contributed by atoms with van der Waals surface area (Å²) in [5.74, 6) is 0. The molecule has 0 unspecified atom stereocenters. The van der Waals surface area contributed by atoms with E-state index in [1.807, 2.05) is 0 Å². The fourth-order valence-electron chi connectivity index (χ4n) is 0. The Balaban J connectivity index is 0. The molecular weight excluding hydrogens is 169 g/mol. The Morgan fingerprint density at radius 3 is 0.800 bits per heavy atom. The first kappa shape index (κ1) is 42.2. The summed E-state index contributed by atoms with van der Waals surface area (Å²) in [6, 6.07) is 0. The molecule has 5 heavy (non-hydrogen) atoms. The van der Waals surface area contributed by atoms with E-state index in [4.69, 9.17) is 0 Å². The molecule has 0 saturated heterocycles. The molecule has 0 saturated carbocycles. The summed E-state index contributed by atoms with van der Waals surface area (Å²) in [7, 11) is 0. The maximum atomic E-state index is 0. The van der Waals surface area contributed by atoms with Gasteiger partial charge in [-0.25, -0.2) is 0 Å². The van der Waals surface area contributed by atoms with Crippen LogP contribution in [0.5, 0.6) is 0 Å². The van der Waals surface area contributed by atoms with Gasteiger partial charge in [-0.3, -0.25) is 0 Å². The number of halogens is 3. The van der Waals surface area contributed by atoms with Gasteiger partial charge < -0.3 is 4.28 Å². The Labute approximate surface area is 107 Å². The van der Waals surface area contributed by atoms with Crippen LogP contribution in [0.3, 0.4) is 0 Å². The van der Waals surface area contributed by atoms with Crippen LogP contribution < -0.4 is 29.6 Å². The van der Waals surface area contributed by atoms with Gasteiger partial charge in [0.2, 0.25) is 0 Å². The van der Waals surface area contributed by atoms with Gasteiger partial charge in [-0.15, -0.1) is 37.2 Å². The standard InChI is InChI=1S/Ca.3ClH.Na.3H/h;3*1H;;;;/q+2;;;;+1;3*-1. The molecule has 0 spiro atoms. The third kappa shape index (κ3) is 19.2. The third-order valence-electron chi connectivity index (χ3n) is 0. The average molecular weight is 175 g/mol. The van der Waals surface area contributed by atoms with Gasteiger partial charge >= 0.3 is 67.3 Å². The van der Waals surface area contributed by atoms with Gasteiger partial charge in [0.25, 0.3) is 0 Å². The summed E-state index contributed by atoms with van der Waals surface area (Å²) in [6.45, 7) is 0. The molecule has 0 atom stereocenters. The van der Waals surface area contributed by atoms with Crippen LogP contribution in [0.15, 0.2) is 0 Å².